The maximum atomic E-state index is 12.9. The molecule has 1 heterocycles. The van der Waals surface area contributed by atoms with E-state index in [0.717, 1.165) is 12.8 Å². The van der Waals surface area contributed by atoms with Crippen LogP contribution in [0.5, 0.6) is 0 Å². The Kier molecular flexibility index (Phi) is 8.39. The van der Waals surface area contributed by atoms with Gasteiger partial charge in [0.15, 0.2) is 0 Å². The summed E-state index contributed by atoms with van der Waals surface area (Å²) in [5, 5.41) is 2.88. The molecule has 0 aromatic rings. The zero-order valence-corrected chi connectivity index (χ0v) is 16.7. The van der Waals surface area contributed by atoms with Gasteiger partial charge in [-0.2, -0.15) is 0 Å². The number of carbonyl (C=O) groups is 3. The van der Waals surface area contributed by atoms with Crippen molar-refractivity contribution in [2.75, 3.05) is 19.6 Å². The summed E-state index contributed by atoms with van der Waals surface area (Å²) in [5.41, 5.74) is 0. The van der Waals surface area contributed by atoms with Crippen molar-refractivity contribution in [1.82, 2.24) is 15.1 Å². The minimum Gasteiger partial charge on any atom is -0.344 e. The first-order chi connectivity index (χ1) is 11.7. The summed E-state index contributed by atoms with van der Waals surface area (Å²) in [6, 6.07) is -0.500. The second kappa shape index (κ2) is 9.78. The Hall–Kier alpha value is -1.59. The van der Waals surface area contributed by atoms with Crippen LogP contribution in [0, 0.1) is 11.8 Å². The van der Waals surface area contributed by atoms with Gasteiger partial charge in [0.1, 0.15) is 6.04 Å². The van der Waals surface area contributed by atoms with Crippen molar-refractivity contribution in [3.8, 4) is 0 Å². The van der Waals surface area contributed by atoms with Gasteiger partial charge in [-0.15, -0.1) is 0 Å². The summed E-state index contributed by atoms with van der Waals surface area (Å²) in [5.74, 6) is -0.101. The smallest absolute Gasteiger partial charge is 0.245 e. The van der Waals surface area contributed by atoms with E-state index in [4.69, 9.17) is 0 Å². The van der Waals surface area contributed by atoms with Crippen molar-refractivity contribution in [3.05, 3.63) is 0 Å². The molecule has 3 amide bonds. The number of rotatable bonds is 7. The number of nitrogens with one attached hydrogen (secondary N) is 1. The second-order valence-electron chi connectivity index (χ2n) is 7.71. The molecule has 0 aliphatic carbocycles. The van der Waals surface area contributed by atoms with Crippen LogP contribution in [0.4, 0.5) is 0 Å². The monoisotopic (exact) mass is 353 g/mol. The number of nitrogens with zero attached hydrogens (tertiary/aromatic N) is 2. The lowest BCUT2D eigenvalue weighted by atomic mass is 10.0. The molecule has 1 aliphatic rings. The Bertz CT molecular complexity index is 477. The van der Waals surface area contributed by atoms with E-state index in [0.29, 0.717) is 26.1 Å². The van der Waals surface area contributed by atoms with Crippen molar-refractivity contribution < 1.29 is 14.4 Å². The first-order valence-electron chi connectivity index (χ1n) is 9.57. The summed E-state index contributed by atoms with van der Waals surface area (Å²) >= 11 is 0. The van der Waals surface area contributed by atoms with Gasteiger partial charge in [-0.1, -0.05) is 41.0 Å². The van der Waals surface area contributed by atoms with Crippen LogP contribution in [0.1, 0.15) is 60.8 Å². The standard InChI is InChI=1S/C19H35N3O3/c1-7-8-9-16(23)22-11-10-21(12-15(22)6)19(25)17(13(2)3)20-18(24)14(4)5/h13-15,17H,7-12H2,1-6H3,(H,20,24). The molecule has 0 aromatic carbocycles. The van der Waals surface area contributed by atoms with Gasteiger partial charge in [0, 0.05) is 38.0 Å². The molecule has 1 aliphatic heterocycles. The highest BCUT2D eigenvalue weighted by molar-refractivity contribution is 5.88. The molecule has 144 valence electrons. The van der Waals surface area contributed by atoms with E-state index >= 15 is 0 Å². The van der Waals surface area contributed by atoms with Crippen LogP contribution in [0.15, 0.2) is 0 Å². The lowest BCUT2D eigenvalue weighted by molar-refractivity contribution is -0.145. The highest BCUT2D eigenvalue weighted by atomic mass is 16.2. The van der Waals surface area contributed by atoms with Crippen molar-refractivity contribution in [1.29, 1.82) is 0 Å². The van der Waals surface area contributed by atoms with E-state index in [1.807, 2.05) is 39.5 Å². The lowest BCUT2D eigenvalue weighted by Crippen LogP contribution is -2.60. The van der Waals surface area contributed by atoms with Gasteiger partial charge in [0.05, 0.1) is 0 Å². The lowest BCUT2D eigenvalue weighted by Gasteiger charge is -2.41. The van der Waals surface area contributed by atoms with Crippen molar-refractivity contribution in [2.45, 2.75) is 72.9 Å². The number of carbonyl (C=O) groups excluding carboxylic acids is 3. The van der Waals surface area contributed by atoms with Gasteiger partial charge in [-0.05, 0) is 19.3 Å². The fourth-order valence-corrected chi connectivity index (χ4v) is 3.03. The molecule has 1 rings (SSSR count). The summed E-state index contributed by atoms with van der Waals surface area (Å²) in [6.45, 7) is 13.2. The van der Waals surface area contributed by atoms with Crippen LogP contribution in [-0.4, -0.2) is 59.2 Å². The maximum Gasteiger partial charge on any atom is 0.245 e. The molecule has 0 spiro atoms. The molecule has 25 heavy (non-hydrogen) atoms. The SMILES string of the molecule is CCCCC(=O)N1CCN(C(=O)C(NC(=O)C(C)C)C(C)C)CC1C. The van der Waals surface area contributed by atoms with Crippen LogP contribution < -0.4 is 5.32 Å². The molecule has 1 N–H and O–H groups in total. The van der Waals surface area contributed by atoms with E-state index in [1.165, 1.54) is 0 Å². The van der Waals surface area contributed by atoms with Crippen molar-refractivity contribution in [2.24, 2.45) is 11.8 Å². The molecule has 1 fully saturated rings. The van der Waals surface area contributed by atoms with Gasteiger partial charge in [-0.3, -0.25) is 14.4 Å². The number of amides is 3. The molecule has 2 unspecified atom stereocenters. The Labute approximate surface area is 152 Å². The Morgan fingerprint density at radius 2 is 1.76 bits per heavy atom. The molecule has 0 aromatic heterocycles. The van der Waals surface area contributed by atoms with Gasteiger partial charge >= 0.3 is 0 Å². The Balaban J connectivity index is 2.70. The number of unbranched alkanes of at least 4 members (excludes halogenated alkanes) is 1. The fourth-order valence-electron chi connectivity index (χ4n) is 3.03. The Morgan fingerprint density at radius 1 is 1.12 bits per heavy atom. The van der Waals surface area contributed by atoms with Gasteiger partial charge in [0.2, 0.25) is 17.7 Å². The normalized spacial score (nSPS) is 19.3. The van der Waals surface area contributed by atoms with E-state index in [9.17, 15) is 14.4 Å². The zero-order valence-electron chi connectivity index (χ0n) is 16.7. The first kappa shape index (κ1) is 21.5. The molecule has 0 radical (unpaired) electrons. The highest BCUT2D eigenvalue weighted by Crippen LogP contribution is 2.15. The predicted molar refractivity (Wildman–Crippen MR) is 98.9 cm³/mol. The molecular formula is C19H35N3O3. The van der Waals surface area contributed by atoms with Gasteiger partial charge in [0.25, 0.3) is 0 Å². The molecule has 6 heteroatoms. The number of hydrogen-bond donors (Lipinski definition) is 1. The van der Waals surface area contributed by atoms with Crippen LogP contribution in [-0.2, 0) is 14.4 Å². The van der Waals surface area contributed by atoms with Crippen LogP contribution in [0.2, 0.25) is 0 Å². The molecule has 2 atom stereocenters. The second-order valence-corrected chi connectivity index (χ2v) is 7.71. The topological polar surface area (TPSA) is 69.7 Å². The van der Waals surface area contributed by atoms with Crippen LogP contribution in [0.25, 0.3) is 0 Å². The van der Waals surface area contributed by atoms with E-state index in [-0.39, 0.29) is 35.6 Å². The molecule has 6 nitrogen and oxygen atoms in total. The first-order valence-corrected chi connectivity index (χ1v) is 9.57. The van der Waals surface area contributed by atoms with Crippen molar-refractivity contribution in [3.63, 3.8) is 0 Å². The summed E-state index contributed by atoms with van der Waals surface area (Å²) < 4.78 is 0. The van der Waals surface area contributed by atoms with E-state index in [2.05, 4.69) is 12.2 Å². The largest absolute Gasteiger partial charge is 0.344 e. The maximum absolute atomic E-state index is 12.9. The zero-order chi connectivity index (χ0) is 19.1. The molecule has 0 bridgehead atoms. The number of piperazine rings is 1. The number of hydrogen-bond acceptors (Lipinski definition) is 3. The van der Waals surface area contributed by atoms with E-state index in [1.54, 1.807) is 4.90 Å². The van der Waals surface area contributed by atoms with Gasteiger partial charge < -0.3 is 15.1 Å². The average Bonchev–Trinajstić information content (AvgIpc) is 2.56. The van der Waals surface area contributed by atoms with Crippen LogP contribution in [0.3, 0.4) is 0 Å². The molecule has 0 saturated carbocycles. The predicted octanol–water partition coefficient (Wildman–Crippen LogP) is 2.03. The third kappa shape index (κ3) is 6.01. The van der Waals surface area contributed by atoms with Crippen molar-refractivity contribution >= 4 is 17.7 Å². The third-order valence-electron chi connectivity index (χ3n) is 4.76. The minimum absolute atomic E-state index is 0.00988. The van der Waals surface area contributed by atoms with Crippen LogP contribution >= 0.6 is 0 Å². The third-order valence-corrected chi connectivity index (χ3v) is 4.76. The summed E-state index contributed by atoms with van der Waals surface area (Å²) in [6.07, 6.45) is 2.49. The van der Waals surface area contributed by atoms with E-state index < -0.39 is 6.04 Å². The minimum atomic E-state index is -0.510. The average molecular weight is 354 g/mol. The quantitative estimate of drug-likeness (QED) is 0.761. The molecular weight excluding hydrogens is 318 g/mol. The highest BCUT2D eigenvalue weighted by Gasteiger charge is 2.34. The fraction of sp³-hybridized carbons (Fsp3) is 0.842. The Morgan fingerprint density at radius 3 is 2.24 bits per heavy atom. The summed E-state index contributed by atoms with van der Waals surface area (Å²) in [4.78, 5) is 40.9. The van der Waals surface area contributed by atoms with Gasteiger partial charge in [-0.25, -0.2) is 0 Å². The molecule has 1 saturated heterocycles. The summed E-state index contributed by atoms with van der Waals surface area (Å²) in [7, 11) is 0.